The summed E-state index contributed by atoms with van der Waals surface area (Å²) in [6.07, 6.45) is 0. The van der Waals surface area contributed by atoms with Crippen LogP contribution in [0.1, 0.15) is 35.1 Å². The highest BCUT2D eigenvalue weighted by molar-refractivity contribution is 9.10. The molecule has 0 saturated carbocycles. The summed E-state index contributed by atoms with van der Waals surface area (Å²) in [4.78, 5) is 25.5. The van der Waals surface area contributed by atoms with Crippen molar-refractivity contribution < 1.29 is 19.2 Å². The van der Waals surface area contributed by atoms with Crippen LogP contribution in [0.15, 0.2) is 65.1 Å². The zero-order chi connectivity index (χ0) is 25.6. The molecule has 1 amide bonds. The van der Waals surface area contributed by atoms with E-state index in [4.69, 9.17) is 9.47 Å². The number of nitrogens with one attached hydrogen (secondary N) is 2. The van der Waals surface area contributed by atoms with E-state index in [-0.39, 0.29) is 11.0 Å². The summed E-state index contributed by atoms with van der Waals surface area (Å²) in [6.45, 7) is 4.23. The van der Waals surface area contributed by atoms with Crippen molar-refractivity contribution in [3.8, 4) is 11.5 Å². The first-order chi connectivity index (χ1) is 17.3. The number of nitro groups is 1. The summed E-state index contributed by atoms with van der Waals surface area (Å²) < 4.78 is 12.3. The summed E-state index contributed by atoms with van der Waals surface area (Å²) >= 11 is 3.59. The Labute approximate surface area is 217 Å². The van der Waals surface area contributed by atoms with Gasteiger partial charge in [-0.05, 0) is 59.1 Å². The number of nitrogens with zero attached hydrogens (tertiary/aromatic N) is 1. The molecular formula is C27H26BrN3O5. The molecule has 2 N–H and O–H groups in total. The van der Waals surface area contributed by atoms with Crippen molar-refractivity contribution >= 4 is 27.5 Å². The Bertz CT molecular complexity index is 1350. The predicted molar refractivity (Wildman–Crippen MR) is 139 cm³/mol. The van der Waals surface area contributed by atoms with Gasteiger partial charge in [0.15, 0.2) is 17.0 Å². The Morgan fingerprint density at radius 3 is 2.56 bits per heavy atom. The van der Waals surface area contributed by atoms with Crippen molar-refractivity contribution in [1.29, 1.82) is 0 Å². The lowest BCUT2D eigenvalue weighted by Crippen LogP contribution is -2.54. The van der Waals surface area contributed by atoms with Crippen molar-refractivity contribution in [3.63, 3.8) is 0 Å². The fourth-order valence-corrected chi connectivity index (χ4v) is 6.04. The number of anilines is 1. The van der Waals surface area contributed by atoms with Crippen LogP contribution in [0, 0.1) is 17.0 Å². The molecule has 2 aliphatic heterocycles. The van der Waals surface area contributed by atoms with Crippen LogP contribution in [-0.2, 0) is 16.9 Å². The number of hydrogen-bond acceptors (Lipinski definition) is 6. The van der Waals surface area contributed by atoms with Crippen molar-refractivity contribution in [2.75, 3.05) is 12.4 Å². The maximum atomic E-state index is 13.2. The SMILES string of the molecule is COc1cc([C@@H]2[C@H](C)N[C@@]3(C(=O)Nc4ccccc43)[C@H]2[N+](=O)[O-])cc(Br)c1OCc1ccc(C)cc1. The minimum Gasteiger partial charge on any atom is -0.493 e. The number of rotatable bonds is 6. The van der Waals surface area contributed by atoms with E-state index in [1.807, 2.05) is 44.2 Å². The highest BCUT2D eigenvalue weighted by Gasteiger charge is 2.67. The van der Waals surface area contributed by atoms with Crippen LogP contribution in [0.4, 0.5) is 5.69 Å². The van der Waals surface area contributed by atoms with Crippen LogP contribution >= 0.6 is 15.9 Å². The molecule has 3 aromatic carbocycles. The molecule has 36 heavy (non-hydrogen) atoms. The van der Waals surface area contributed by atoms with E-state index < -0.39 is 23.4 Å². The number of ether oxygens (including phenoxy) is 2. The molecule has 0 aromatic heterocycles. The molecule has 0 radical (unpaired) electrons. The number of methoxy groups -OCH3 is 1. The first-order valence-corrected chi connectivity index (χ1v) is 12.4. The van der Waals surface area contributed by atoms with Crippen LogP contribution in [-0.4, -0.2) is 30.0 Å². The van der Waals surface area contributed by atoms with Gasteiger partial charge in [0.2, 0.25) is 0 Å². The second-order valence-corrected chi connectivity index (χ2v) is 10.2. The number of para-hydroxylation sites is 1. The molecule has 3 aromatic rings. The van der Waals surface area contributed by atoms with Crippen molar-refractivity contribution in [3.05, 3.63) is 97.5 Å². The monoisotopic (exact) mass is 551 g/mol. The third-order valence-corrected chi connectivity index (χ3v) is 7.69. The topological polar surface area (TPSA) is 103 Å². The first-order valence-electron chi connectivity index (χ1n) is 11.6. The van der Waals surface area contributed by atoms with Crippen LogP contribution < -0.4 is 20.1 Å². The number of amides is 1. The average molecular weight is 552 g/mol. The maximum absolute atomic E-state index is 13.2. The Morgan fingerprint density at radius 1 is 1.14 bits per heavy atom. The molecule has 8 nitrogen and oxygen atoms in total. The normalized spacial score (nSPS) is 24.4. The van der Waals surface area contributed by atoms with Gasteiger partial charge in [-0.2, -0.15) is 0 Å². The number of hydrogen-bond donors (Lipinski definition) is 2. The van der Waals surface area contributed by atoms with E-state index in [1.165, 1.54) is 7.11 Å². The smallest absolute Gasteiger partial charge is 0.256 e. The van der Waals surface area contributed by atoms with Gasteiger partial charge in [0.25, 0.3) is 11.9 Å². The lowest BCUT2D eigenvalue weighted by molar-refractivity contribution is -0.532. The molecule has 2 heterocycles. The van der Waals surface area contributed by atoms with E-state index in [2.05, 4.69) is 26.6 Å². The molecule has 1 saturated heterocycles. The average Bonchev–Trinajstić information content (AvgIpc) is 3.32. The second kappa shape index (κ2) is 9.22. The fraction of sp³-hybridized carbons (Fsp3) is 0.296. The maximum Gasteiger partial charge on any atom is 0.256 e. The highest BCUT2D eigenvalue weighted by atomic mass is 79.9. The minimum absolute atomic E-state index is 0.341. The van der Waals surface area contributed by atoms with Gasteiger partial charge in [0.1, 0.15) is 6.61 Å². The lowest BCUT2D eigenvalue weighted by Gasteiger charge is -2.25. The van der Waals surface area contributed by atoms with E-state index in [0.29, 0.717) is 39.4 Å². The van der Waals surface area contributed by atoms with Gasteiger partial charge in [0, 0.05) is 22.2 Å². The van der Waals surface area contributed by atoms with E-state index >= 15 is 0 Å². The summed E-state index contributed by atoms with van der Waals surface area (Å²) in [5.74, 6) is -0.0492. The Kier molecular flexibility index (Phi) is 6.22. The molecule has 5 rings (SSSR count). The number of aryl methyl sites for hydroxylation is 1. The molecule has 2 aliphatic rings. The van der Waals surface area contributed by atoms with Crippen LogP contribution in [0.25, 0.3) is 0 Å². The Balaban J connectivity index is 1.53. The van der Waals surface area contributed by atoms with Crippen molar-refractivity contribution in [2.45, 2.75) is 44.0 Å². The van der Waals surface area contributed by atoms with Gasteiger partial charge in [0.05, 0.1) is 17.5 Å². The van der Waals surface area contributed by atoms with Gasteiger partial charge >= 0.3 is 0 Å². The zero-order valence-electron chi connectivity index (χ0n) is 20.1. The highest BCUT2D eigenvalue weighted by Crippen LogP contribution is 2.51. The lowest BCUT2D eigenvalue weighted by atomic mass is 9.78. The minimum atomic E-state index is -1.47. The van der Waals surface area contributed by atoms with Crippen molar-refractivity contribution in [1.82, 2.24) is 5.32 Å². The Hall–Kier alpha value is -3.43. The quantitative estimate of drug-likeness (QED) is 0.333. The van der Waals surface area contributed by atoms with E-state index in [0.717, 1.165) is 11.1 Å². The van der Waals surface area contributed by atoms with E-state index in [9.17, 15) is 14.9 Å². The molecule has 186 valence electrons. The molecule has 4 atom stereocenters. The van der Waals surface area contributed by atoms with Gasteiger partial charge in [-0.15, -0.1) is 0 Å². The molecule has 0 aliphatic carbocycles. The molecule has 9 heteroatoms. The number of fused-ring (bicyclic) bond motifs is 2. The van der Waals surface area contributed by atoms with E-state index in [1.54, 1.807) is 30.3 Å². The molecule has 1 spiro atoms. The fourth-order valence-electron chi connectivity index (χ4n) is 5.47. The van der Waals surface area contributed by atoms with Crippen LogP contribution in [0.5, 0.6) is 11.5 Å². The van der Waals surface area contributed by atoms with Gasteiger partial charge in [-0.1, -0.05) is 48.0 Å². The van der Waals surface area contributed by atoms with Gasteiger partial charge < -0.3 is 14.8 Å². The van der Waals surface area contributed by atoms with Gasteiger partial charge in [-0.25, -0.2) is 0 Å². The molecular weight excluding hydrogens is 526 g/mol. The zero-order valence-corrected chi connectivity index (χ0v) is 21.7. The van der Waals surface area contributed by atoms with Crippen molar-refractivity contribution in [2.24, 2.45) is 0 Å². The van der Waals surface area contributed by atoms with Crippen LogP contribution in [0.2, 0.25) is 0 Å². The second-order valence-electron chi connectivity index (χ2n) is 9.31. The summed E-state index contributed by atoms with van der Waals surface area (Å²) in [5, 5.41) is 18.7. The van der Waals surface area contributed by atoms with Crippen LogP contribution in [0.3, 0.4) is 0 Å². The molecule has 0 unspecified atom stereocenters. The third kappa shape index (κ3) is 3.83. The first kappa shape index (κ1) is 24.3. The molecule has 1 fully saturated rings. The number of benzene rings is 3. The largest absolute Gasteiger partial charge is 0.493 e. The van der Waals surface area contributed by atoms with Gasteiger partial charge in [-0.3, -0.25) is 20.2 Å². The third-order valence-electron chi connectivity index (χ3n) is 7.10. The number of carbonyl (C=O) groups is 1. The predicted octanol–water partition coefficient (Wildman–Crippen LogP) is 4.91. The summed E-state index contributed by atoms with van der Waals surface area (Å²) in [6, 6.07) is 17.2. The Morgan fingerprint density at radius 2 is 1.86 bits per heavy atom. The number of carbonyl (C=O) groups excluding carboxylic acids is 1. The summed E-state index contributed by atoms with van der Waals surface area (Å²) in [5.41, 5.74) is 2.57. The summed E-state index contributed by atoms with van der Waals surface area (Å²) in [7, 11) is 1.54. The standard InChI is InChI=1S/C27H26BrN3O5/c1-15-8-10-17(11-9-15)14-36-24-20(28)12-18(13-22(24)35-3)23-16(2)30-27(25(23)31(33)34)19-6-4-5-7-21(19)29-26(27)32/h4-13,16,23,25,30H,14H2,1-3H3,(H,29,32)/t16-,23-,25-,27+/m0/s1. The molecule has 0 bridgehead atoms. The number of halogens is 1.